The molecule has 1 heterocycles. The van der Waals surface area contributed by atoms with Gasteiger partial charge in [0.15, 0.2) is 0 Å². The molecule has 1 aromatic carbocycles. The van der Waals surface area contributed by atoms with Crippen LogP contribution in [0.5, 0.6) is 0 Å². The second kappa shape index (κ2) is 6.12. The molecule has 4 nitrogen and oxygen atoms in total. The van der Waals surface area contributed by atoms with E-state index in [4.69, 9.17) is 0 Å². The third kappa shape index (κ3) is 2.78. The Morgan fingerprint density at radius 3 is 2.60 bits per heavy atom. The summed E-state index contributed by atoms with van der Waals surface area (Å²) in [5.74, 6) is 0. The molecule has 0 saturated heterocycles. The Hall–Kier alpha value is -0.460. The fourth-order valence-corrected chi connectivity index (χ4v) is 4.82. The van der Waals surface area contributed by atoms with Crippen LogP contribution in [0.2, 0.25) is 0 Å². The highest BCUT2D eigenvalue weighted by atomic mass is 79.9. The van der Waals surface area contributed by atoms with E-state index in [2.05, 4.69) is 48.1 Å². The molecule has 2 aliphatic rings. The van der Waals surface area contributed by atoms with Crippen molar-refractivity contribution in [2.45, 2.75) is 44.7 Å². The first-order valence-electron chi connectivity index (χ1n) is 7.02. The van der Waals surface area contributed by atoms with Crippen LogP contribution in [-0.4, -0.2) is 17.6 Å². The highest BCUT2D eigenvalue weighted by molar-refractivity contribution is 9.11. The number of anilines is 1. The van der Waals surface area contributed by atoms with Crippen molar-refractivity contribution >= 4 is 37.5 Å². The van der Waals surface area contributed by atoms with E-state index >= 15 is 0 Å². The van der Waals surface area contributed by atoms with Gasteiger partial charge < -0.3 is 0 Å². The van der Waals surface area contributed by atoms with E-state index < -0.39 is 0 Å². The van der Waals surface area contributed by atoms with E-state index in [1.807, 2.05) is 6.07 Å². The Balaban J connectivity index is 1.91. The zero-order chi connectivity index (χ0) is 14.1. The molecular formula is C14H17Br2N3O. The maximum Gasteiger partial charge on any atom is 0.0974 e. The quantitative estimate of drug-likeness (QED) is 0.666. The van der Waals surface area contributed by atoms with Crippen LogP contribution in [0.4, 0.5) is 5.69 Å². The summed E-state index contributed by atoms with van der Waals surface area (Å²) >= 11 is 7.06. The van der Waals surface area contributed by atoms with Crippen LogP contribution in [0.15, 0.2) is 26.4 Å². The van der Waals surface area contributed by atoms with E-state index in [0.29, 0.717) is 12.7 Å². The smallest absolute Gasteiger partial charge is 0.0974 e. The molecule has 1 aromatic rings. The summed E-state index contributed by atoms with van der Waals surface area (Å²) in [5, 5.41) is 4.79. The van der Waals surface area contributed by atoms with Crippen LogP contribution >= 0.6 is 31.9 Å². The number of halogens is 2. The summed E-state index contributed by atoms with van der Waals surface area (Å²) in [6.07, 6.45) is 6.40. The van der Waals surface area contributed by atoms with E-state index in [1.165, 1.54) is 32.1 Å². The molecule has 0 radical (unpaired) electrons. The first kappa shape index (κ1) is 14.5. The van der Waals surface area contributed by atoms with Crippen molar-refractivity contribution in [2.24, 2.45) is 5.29 Å². The normalized spacial score (nSPS) is 20.8. The standard InChI is InChI=1S/C14H17Br2N3O/c15-11-6-10-8-18(12-4-2-1-3-5-12)9-19(17-20)14(10)13(16)7-11/h6-7,12H,1-5,8-9H2. The second-order valence-corrected chi connectivity index (χ2v) is 7.33. The van der Waals surface area contributed by atoms with Gasteiger partial charge in [-0.05, 0) is 46.5 Å². The van der Waals surface area contributed by atoms with E-state index in [-0.39, 0.29) is 0 Å². The van der Waals surface area contributed by atoms with Gasteiger partial charge in [0.05, 0.1) is 17.6 Å². The lowest BCUT2D eigenvalue weighted by molar-refractivity contribution is 0.141. The number of rotatable bonds is 2. The average Bonchev–Trinajstić information content (AvgIpc) is 2.46. The summed E-state index contributed by atoms with van der Waals surface area (Å²) in [6, 6.07) is 4.64. The molecule has 3 rings (SSSR count). The molecule has 108 valence electrons. The topological polar surface area (TPSA) is 35.9 Å². The van der Waals surface area contributed by atoms with Gasteiger partial charge in [0.2, 0.25) is 0 Å². The number of nitrogens with zero attached hydrogens (tertiary/aromatic N) is 3. The van der Waals surface area contributed by atoms with Crippen LogP contribution in [-0.2, 0) is 6.54 Å². The van der Waals surface area contributed by atoms with E-state index in [0.717, 1.165) is 26.7 Å². The summed E-state index contributed by atoms with van der Waals surface area (Å²) in [7, 11) is 0. The van der Waals surface area contributed by atoms with Crippen molar-refractivity contribution in [1.82, 2.24) is 4.90 Å². The zero-order valence-corrected chi connectivity index (χ0v) is 14.4. The number of fused-ring (bicyclic) bond motifs is 1. The summed E-state index contributed by atoms with van der Waals surface area (Å²) in [6.45, 7) is 1.49. The van der Waals surface area contributed by atoms with Crippen molar-refractivity contribution in [3.05, 3.63) is 31.5 Å². The van der Waals surface area contributed by atoms with Gasteiger partial charge in [0.25, 0.3) is 0 Å². The Bertz CT molecular complexity index is 517. The molecule has 6 heteroatoms. The molecule has 1 aliphatic carbocycles. The Morgan fingerprint density at radius 2 is 1.90 bits per heavy atom. The van der Waals surface area contributed by atoms with Crippen LogP contribution in [0.3, 0.4) is 0 Å². The van der Waals surface area contributed by atoms with E-state index in [9.17, 15) is 4.91 Å². The number of hydrogen-bond acceptors (Lipinski definition) is 3. The molecule has 0 atom stereocenters. The van der Waals surface area contributed by atoms with Crippen LogP contribution in [0.1, 0.15) is 37.7 Å². The lowest BCUT2D eigenvalue weighted by atomic mass is 9.93. The molecule has 0 bridgehead atoms. The fraction of sp³-hybridized carbons (Fsp3) is 0.571. The average molecular weight is 403 g/mol. The van der Waals surface area contributed by atoms with Crippen LogP contribution in [0.25, 0.3) is 0 Å². The predicted molar refractivity (Wildman–Crippen MR) is 87.4 cm³/mol. The second-order valence-electron chi connectivity index (χ2n) is 5.56. The number of nitroso groups, excluding NO2 is 1. The van der Waals surface area contributed by atoms with Crippen molar-refractivity contribution < 1.29 is 0 Å². The monoisotopic (exact) mass is 401 g/mol. The molecule has 0 aromatic heterocycles. The van der Waals surface area contributed by atoms with Gasteiger partial charge in [-0.3, -0.25) is 4.90 Å². The van der Waals surface area contributed by atoms with Crippen molar-refractivity contribution in [1.29, 1.82) is 0 Å². The molecule has 0 N–H and O–H groups in total. The van der Waals surface area contributed by atoms with E-state index in [1.54, 1.807) is 5.01 Å². The summed E-state index contributed by atoms with van der Waals surface area (Å²) in [5.41, 5.74) is 2.07. The predicted octanol–water partition coefficient (Wildman–Crippen LogP) is 4.81. The van der Waals surface area contributed by atoms with Gasteiger partial charge in [-0.2, -0.15) is 0 Å². The van der Waals surface area contributed by atoms with Crippen LogP contribution < -0.4 is 5.01 Å². The SMILES string of the molecule is O=NN1CN(C2CCCCC2)Cc2cc(Br)cc(Br)c21. The molecule has 20 heavy (non-hydrogen) atoms. The zero-order valence-electron chi connectivity index (χ0n) is 11.2. The number of benzene rings is 1. The van der Waals surface area contributed by atoms with Crippen molar-refractivity contribution in [2.75, 3.05) is 11.7 Å². The third-order valence-corrected chi connectivity index (χ3v) is 5.31. The molecule has 1 saturated carbocycles. The Morgan fingerprint density at radius 1 is 1.15 bits per heavy atom. The van der Waals surface area contributed by atoms with Crippen molar-refractivity contribution in [3.63, 3.8) is 0 Å². The first-order chi connectivity index (χ1) is 9.69. The number of hydrogen-bond donors (Lipinski definition) is 0. The van der Waals surface area contributed by atoms with Gasteiger partial charge in [-0.1, -0.05) is 35.2 Å². The van der Waals surface area contributed by atoms with Crippen LogP contribution in [0, 0.1) is 4.91 Å². The lowest BCUT2D eigenvalue weighted by Crippen LogP contribution is -2.46. The maximum absolute atomic E-state index is 11.2. The van der Waals surface area contributed by atoms with Crippen molar-refractivity contribution in [3.8, 4) is 0 Å². The highest BCUT2D eigenvalue weighted by Gasteiger charge is 2.30. The minimum absolute atomic E-state index is 0.582. The van der Waals surface area contributed by atoms with Gasteiger partial charge >= 0.3 is 0 Å². The Labute approximate surface area is 135 Å². The molecule has 0 unspecified atom stereocenters. The Kier molecular flexibility index (Phi) is 4.43. The van der Waals surface area contributed by atoms with Gasteiger partial charge in [-0.25, -0.2) is 5.01 Å². The minimum Gasteiger partial charge on any atom is -0.277 e. The highest BCUT2D eigenvalue weighted by Crippen LogP contribution is 2.39. The molecule has 1 fully saturated rings. The molecule has 0 spiro atoms. The lowest BCUT2D eigenvalue weighted by Gasteiger charge is -2.40. The first-order valence-corrected chi connectivity index (χ1v) is 8.60. The van der Waals surface area contributed by atoms with Gasteiger partial charge in [0, 0.05) is 21.5 Å². The minimum atomic E-state index is 0.582. The third-order valence-electron chi connectivity index (χ3n) is 4.24. The molecule has 1 aliphatic heterocycles. The molecular weight excluding hydrogens is 386 g/mol. The molecule has 0 amide bonds. The maximum atomic E-state index is 11.2. The summed E-state index contributed by atoms with van der Waals surface area (Å²) in [4.78, 5) is 13.6. The van der Waals surface area contributed by atoms with Gasteiger partial charge in [0.1, 0.15) is 0 Å². The summed E-state index contributed by atoms with van der Waals surface area (Å²) < 4.78 is 1.95. The fourth-order valence-electron chi connectivity index (χ4n) is 3.30. The van der Waals surface area contributed by atoms with Gasteiger partial charge in [-0.15, -0.1) is 4.91 Å². The largest absolute Gasteiger partial charge is 0.277 e.